The van der Waals surface area contributed by atoms with Crippen molar-refractivity contribution < 1.29 is 23.9 Å². The number of esters is 1. The first kappa shape index (κ1) is 21.7. The minimum atomic E-state index is -1.14. The Kier molecular flexibility index (Phi) is 7.39. The Morgan fingerprint density at radius 2 is 1.86 bits per heavy atom. The van der Waals surface area contributed by atoms with Crippen molar-refractivity contribution in [3.05, 3.63) is 34.9 Å². The van der Waals surface area contributed by atoms with Crippen LogP contribution in [0.5, 0.6) is 0 Å². The van der Waals surface area contributed by atoms with Gasteiger partial charge in [0.1, 0.15) is 6.04 Å². The van der Waals surface area contributed by atoms with Crippen LogP contribution >= 0.6 is 11.6 Å². The number of urea groups is 1. The summed E-state index contributed by atoms with van der Waals surface area (Å²) >= 11 is 5.82. The highest BCUT2D eigenvalue weighted by molar-refractivity contribution is 6.30. The van der Waals surface area contributed by atoms with Gasteiger partial charge in [-0.3, -0.25) is 14.5 Å². The lowest BCUT2D eigenvalue weighted by molar-refractivity contribution is -0.159. The van der Waals surface area contributed by atoms with Crippen molar-refractivity contribution in [2.45, 2.75) is 39.3 Å². The summed E-state index contributed by atoms with van der Waals surface area (Å²) in [5.74, 6) is -1.68. The highest BCUT2D eigenvalue weighted by atomic mass is 35.5. The number of rotatable bonds is 7. The monoisotopic (exact) mass is 409 g/mol. The molecule has 2 N–H and O–H groups in total. The molecule has 1 aromatic rings. The van der Waals surface area contributed by atoms with E-state index in [1.54, 1.807) is 24.3 Å². The van der Waals surface area contributed by atoms with Crippen LogP contribution in [0, 0.1) is 5.92 Å². The van der Waals surface area contributed by atoms with Gasteiger partial charge >= 0.3 is 12.0 Å². The second-order valence-electron chi connectivity index (χ2n) is 6.96. The molecule has 1 aliphatic heterocycles. The maximum Gasteiger partial charge on any atom is 0.329 e. The molecule has 1 aromatic carbocycles. The molecule has 0 unspecified atom stereocenters. The molecule has 4 amide bonds. The number of nitrogens with zero attached hydrogens (tertiary/aromatic N) is 1. The van der Waals surface area contributed by atoms with Crippen LogP contribution in [0.2, 0.25) is 5.02 Å². The maximum atomic E-state index is 12.6. The van der Waals surface area contributed by atoms with Crippen molar-refractivity contribution in [1.82, 2.24) is 15.5 Å². The summed E-state index contributed by atoms with van der Waals surface area (Å²) in [4.78, 5) is 49.9. The van der Waals surface area contributed by atoms with E-state index in [1.165, 1.54) is 6.92 Å². The van der Waals surface area contributed by atoms with Crippen molar-refractivity contribution in [2.24, 2.45) is 5.92 Å². The third kappa shape index (κ3) is 5.69. The molecule has 1 fully saturated rings. The molecule has 9 heteroatoms. The summed E-state index contributed by atoms with van der Waals surface area (Å²) in [6.45, 7) is 5.79. The van der Waals surface area contributed by atoms with Crippen LogP contribution in [0.1, 0.15) is 37.6 Å². The molecular weight excluding hydrogens is 386 g/mol. The van der Waals surface area contributed by atoms with E-state index in [1.807, 2.05) is 13.8 Å². The SMILES string of the molecule is CC(C)C[C@H](NC(=O)c1ccc(Cl)cc1)C(=O)O[C@@H](C)C(=O)N1CCNC1=O. The van der Waals surface area contributed by atoms with Gasteiger partial charge in [-0.05, 0) is 43.5 Å². The number of imide groups is 1. The molecule has 0 bridgehead atoms. The number of hydrogen-bond donors (Lipinski definition) is 2. The van der Waals surface area contributed by atoms with E-state index >= 15 is 0 Å². The third-order valence-corrected chi connectivity index (χ3v) is 4.42. The molecule has 0 saturated carbocycles. The minimum Gasteiger partial charge on any atom is -0.451 e. The minimum absolute atomic E-state index is 0.0958. The van der Waals surface area contributed by atoms with Crippen molar-refractivity contribution in [3.63, 3.8) is 0 Å². The van der Waals surface area contributed by atoms with Gasteiger partial charge < -0.3 is 15.4 Å². The van der Waals surface area contributed by atoms with Gasteiger partial charge in [-0.1, -0.05) is 25.4 Å². The summed E-state index contributed by atoms with van der Waals surface area (Å²) < 4.78 is 5.25. The predicted molar refractivity (Wildman–Crippen MR) is 103 cm³/mol. The van der Waals surface area contributed by atoms with Gasteiger partial charge in [0.05, 0.1) is 0 Å². The standard InChI is InChI=1S/C19H24ClN3O5/c1-11(2)10-15(22-16(24)13-4-6-14(20)7-5-13)18(26)28-12(3)17(25)23-9-8-21-19(23)27/h4-7,11-12,15H,8-10H2,1-3H3,(H,21,27)(H,22,24)/t12-,15-/m0/s1. The van der Waals surface area contributed by atoms with Crippen molar-refractivity contribution in [2.75, 3.05) is 13.1 Å². The normalized spacial score (nSPS) is 15.8. The van der Waals surface area contributed by atoms with Crippen molar-refractivity contribution in [1.29, 1.82) is 0 Å². The van der Waals surface area contributed by atoms with Gasteiger partial charge in [0.25, 0.3) is 11.8 Å². The Hall–Kier alpha value is -2.61. The summed E-state index contributed by atoms with van der Waals surface area (Å²) in [5.41, 5.74) is 0.351. The van der Waals surface area contributed by atoms with E-state index in [2.05, 4.69) is 10.6 Å². The topological polar surface area (TPSA) is 105 Å². The summed E-state index contributed by atoms with van der Waals surface area (Å²) in [6.07, 6.45) is -0.804. The largest absolute Gasteiger partial charge is 0.451 e. The van der Waals surface area contributed by atoms with E-state index in [-0.39, 0.29) is 12.5 Å². The lowest BCUT2D eigenvalue weighted by Crippen LogP contribution is -2.47. The van der Waals surface area contributed by atoms with Crippen molar-refractivity contribution in [3.8, 4) is 0 Å². The van der Waals surface area contributed by atoms with Crippen LogP contribution in [0.4, 0.5) is 4.79 Å². The zero-order valence-electron chi connectivity index (χ0n) is 16.0. The summed E-state index contributed by atoms with van der Waals surface area (Å²) in [5, 5.41) is 5.65. The van der Waals surface area contributed by atoms with Gasteiger partial charge in [-0.15, -0.1) is 0 Å². The van der Waals surface area contributed by atoms with Crippen LogP contribution in [0.25, 0.3) is 0 Å². The van der Waals surface area contributed by atoms with Gasteiger partial charge in [-0.2, -0.15) is 0 Å². The Balaban J connectivity index is 2.03. The van der Waals surface area contributed by atoms with Crippen molar-refractivity contribution >= 4 is 35.4 Å². The second-order valence-corrected chi connectivity index (χ2v) is 7.40. The predicted octanol–water partition coefficient (Wildman–Crippen LogP) is 1.97. The summed E-state index contributed by atoms with van der Waals surface area (Å²) in [7, 11) is 0. The number of halogens is 1. The Morgan fingerprint density at radius 3 is 2.39 bits per heavy atom. The molecule has 152 valence electrons. The van der Waals surface area contributed by atoms with Gasteiger partial charge in [-0.25, -0.2) is 9.59 Å². The van der Waals surface area contributed by atoms with E-state index in [4.69, 9.17) is 16.3 Å². The number of amides is 4. The first-order valence-electron chi connectivity index (χ1n) is 9.05. The van der Waals surface area contributed by atoms with E-state index < -0.39 is 36.0 Å². The first-order chi connectivity index (χ1) is 13.2. The number of hydrogen-bond acceptors (Lipinski definition) is 5. The number of ether oxygens (including phenoxy) is 1. The van der Waals surface area contributed by atoms with E-state index in [0.717, 1.165) is 4.90 Å². The lowest BCUT2D eigenvalue weighted by atomic mass is 10.0. The van der Waals surface area contributed by atoms with E-state index in [0.29, 0.717) is 23.6 Å². The molecule has 1 aliphatic rings. The molecule has 0 aromatic heterocycles. The Bertz CT molecular complexity index is 750. The lowest BCUT2D eigenvalue weighted by Gasteiger charge is -2.23. The van der Waals surface area contributed by atoms with Crippen LogP contribution in [-0.4, -0.2) is 54.0 Å². The third-order valence-electron chi connectivity index (χ3n) is 4.17. The molecule has 0 radical (unpaired) electrons. The average Bonchev–Trinajstić information content (AvgIpc) is 3.06. The molecule has 2 atom stereocenters. The average molecular weight is 410 g/mol. The molecule has 1 heterocycles. The highest BCUT2D eigenvalue weighted by Crippen LogP contribution is 2.13. The Morgan fingerprint density at radius 1 is 1.21 bits per heavy atom. The van der Waals surface area contributed by atoms with Crippen LogP contribution in [0.3, 0.4) is 0 Å². The Labute approximate surface area is 168 Å². The maximum absolute atomic E-state index is 12.6. The molecule has 2 rings (SSSR count). The van der Waals surface area contributed by atoms with E-state index in [9.17, 15) is 19.2 Å². The molecule has 28 heavy (non-hydrogen) atoms. The van der Waals surface area contributed by atoms with Crippen LogP contribution < -0.4 is 10.6 Å². The molecule has 0 aliphatic carbocycles. The number of nitrogens with one attached hydrogen (secondary N) is 2. The molecule has 8 nitrogen and oxygen atoms in total. The van der Waals surface area contributed by atoms with Crippen LogP contribution in [0.15, 0.2) is 24.3 Å². The summed E-state index contributed by atoms with van der Waals surface area (Å²) in [6, 6.07) is 4.82. The quantitative estimate of drug-likeness (QED) is 0.670. The molecule has 0 spiro atoms. The molecule has 1 saturated heterocycles. The fraction of sp³-hybridized carbons (Fsp3) is 0.474. The number of carbonyl (C=O) groups is 4. The highest BCUT2D eigenvalue weighted by Gasteiger charge is 2.33. The fourth-order valence-electron chi connectivity index (χ4n) is 2.74. The van der Waals surface area contributed by atoms with Gasteiger partial charge in [0.2, 0.25) is 0 Å². The number of carbonyl (C=O) groups excluding carboxylic acids is 4. The number of benzene rings is 1. The first-order valence-corrected chi connectivity index (χ1v) is 9.43. The molecular formula is C19H24ClN3O5. The smallest absolute Gasteiger partial charge is 0.329 e. The zero-order chi connectivity index (χ0) is 20.8. The van der Waals surface area contributed by atoms with Gasteiger partial charge in [0, 0.05) is 23.7 Å². The zero-order valence-corrected chi connectivity index (χ0v) is 16.8. The van der Waals surface area contributed by atoms with Gasteiger partial charge in [0.15, 0.2) is 6.10 Å². The van der Waals surface area contributed by atoms with Crippen LogP contribution in [-0.2, 0) is 14.3 Å². The fourth-order valence-corrected chi connectivity index (χ4v) is 2.86. The second kappa shape index (κ2) is 9.54.